The Balaban J connectivity index is 0.00000553. The number of aromatic nitrogens is 2. The largest absolute Gasteiger partial charge is 0.509 e. The number of hydrogen-bond acceptors (Lipinski definition) is 2. The van der Waals surface area contributed by atoms with Gasteiger partial charge in [-0.1, -0.05) is 179 Å². The first-order chi connectivity index (χ1) is 32.4. The third-order valence-electron chi connectivity index (χ3n) is 14.3. The molecule has 0 saturated carbocycles. The maximum absolute atomic E-state index is 7.11. The zero-order valence-corrected chi connectivity index (χ0v) is 44.0. The van der Waals surface area contributed by atoms with Crippen LogP contribution in [0.25, 0.3) is 49.9 Å². The van der Waals surface area contributed by atoms with E-state index < -0.39 is 0 Å². The SMILES string of the molecule is CC(C)c1ccccc1-c1cc(Oc2[c-]c3c(cc2)c2ccccc2n3-c2cc(C(C)(C)C)ccn2)[c-]c([N+]23[CH-][N@+]2(c2cc(-c4ccccc4)cc(C(C)(C)C)c2)c2ccc(C(C)(C)C)cc23)c1.[Pt]. The van der Waals surface area contributed by atoms with Crippen LogP contribution in [0, 0.1) is 18.8 Å². The average molecular weight is 1090 g/mol. The van der Waals surface area contributed by atoms with Crippen molar-refractivity contribution in [2.24, 2.45) is 0 Å². The molecule has 0 amide bonds. The monoisotopic (exact) mass is 1080 g/mol. The van der Waals surface area contributed by atoms with E-state index in [9.17, 15) is 0 Å². The Kier molecular flexibility index (Phi) is 11.2. The summed E-state index contributed by atoms with van der Waals surface area (Å²) in [7, 11) is 0. The quantitative estimate of drug-likeness (QED) is 0.0861. The Bertz CT molecular complexity index is 3460. The number of quaternary nitrogens is 2. The van der Waals surface area contributed by atoms with Gasteiger partial charge < -0.3 is 9.30 Å². The van der Waals surface area contributed by atoms with Gasteiger partial charge in [-0.25, -0.2) is 9.58 Å². The molecule has 2 aliphatic heterocycles. The normalized spacial score (nSPS) is 17.6. The van der Waals surface area contributed by atoms with Crippen molar-refractivity contribution in [2.75, 3.05) is 0 Å². The van der Waals surface area contributed by atoms with E-state index in [1.54, 1.807) is 0 Å². The van der Waals surface area contributed by atoms with Gasteiger partial charge in [0.1, 0.15) is 5.82 Å². The molecule has 2 aliphatic rings. The van der Waals surface area contributed by atoms with Crippen molar-refractivity contribution in [1.29, 1.82) is 0 Å². The van der Waals surface area contributed by atoms with E-state index in [1.165, 1.54) is 56.0 Å². The zero-order valence-electron chi connectivity index (χ0n) is 41.7. The minimum atomic E-state index is -0.0737. The number of fused-ring (bicyclic) bond motifs is 7. The van der Waals surface area contributed by atoms with Gasteiger partial charge in [0.15, 0.2) is 12.4 Å². The molecule has 6 heteroatoms. The summed E-state index contributed by atoms with van der Waals surface area (Å²) in [6.07, 6.45) is 1.92. The number of benzene rings is 7. The minimum absolute atomic E-state index is 0. The molecule has 2 atom stereocenters. The number of rotatable bonds is 8. The van der Waals surface area contributed by atoms with Crippen molar-refractivity contribution >= 4 is 44.6 Å². The van der Waals surface area contributed by atoms with Gasteiger partial charge in [-0.05, 0) is 84.7 Å². The third-order valence-corrected chi connectivity index (χ3v) is 14.3. The Morgan fingerprint density at radius 3 is 1.99 bits per heavy atom. The second-order valence-corrected chi connectivity index (χ2v) is 22.4. The zero-order chi connectivity index (χ0) is 47.5. The van der Waals surface area contributed by atoms with Gasteiger partial charge in [0.25, 0.3) is 0 Å². The Hall–Kier alpha value is -6.10. The molecule has 7 aromatic carbocycles. The smallest absolute Gasteiger partial charge is 0.225 e. The number of para-hydroxylation sites is 1. The maximum atomic E-state index is 7.11. The van der Waals surface area contributed by atoms with Gasteiger partial charge in [0.05, 0.1) is 5.69 Å². The molecule has 4 heterocycles. The predicted molar refractivity (Wildman–Crippen MR) is 284 cm³/mol. The fourth-order valence-electron chi connectivity index (χ4n) is 10.5. The number of ether oxygens (including phenoxy) is 1. The van der Waals surface area contributed by atoms with Crippen LogP contribution in [0.15, 0.2) is 158 Å². The van der Waals surface area contributed by atoms with Crippen LogP contribution in [0.4, 0.5) is 22.7 Å². The van der Waals surface area contributed by atoms with Crippen LogP contribution in [-0.2, 0) is 37.3 Å². The summed E-state index contributed by atoms with van der Waals surface area (Å²) in [6, 6.07) is 63.3. The molecule has 9 aromatic rings. The topological polar surface area (TPSA) is 27.1 Å². The van der Waals surface area contributed by atoms with E-state index in [0.29, 0.717) is 26.6 Å². The summed E-state index contributed by atoms with van der Waals surface area (Å²) in [5, 5.41) is 2.24. The molecule has 0 N–H and O–H groups in total. The van der Waals surface area contributed by atoms with Crippen molar-refractivity contribution in [3.8, 4) is 39.6 Å². The van der Waals surface area contributed by atoms with Crippen molar-refractivity contribution in [3.63, 3.8) is 0 Å². The van der Waals surface area contributed by atoms with Gasteiger partial charge in [-0.2, -0.15) is 10.7 Å². The molecule has 1 fully saturated rings. The fourth-order valence-corrected chi connectivity index (χ4v) is 10.5. The van der Waals surface area contributed by atoms with Gasteiger partial charge in [-0.3, -0.25) is 0 Å². The minimum Gasteiger partial charge on any atom is -0.509 e. The molecule has 0 radical (unpaired) electrons. The average Bonchev–Trinajstić information content (AvgIpc) is 3.81. The van der Waals surface area contributed by atoms with E-state index in [2.05, 4.69) is 251 Å². The van der Waals surface area contributed by atoms with E-state index in [1.807, 2.05) is 6.20 Å². The number of hydrogen-bond donors (Lipinski definition) is 0. The van der Waals surface area contributed by atoms with E-state index >= 15 is 0 Å². The molecule has 2 aromatic heterocycles. The second-order valence-electron chi connectivity index (χ2n) is 22.4. The summed E-state index contributed by atoms with van der Waals surface area (Å²) < 4.78 is 10.4. The second kappa shape index (κ2) is 16.5. The van der Waals surface area contributed by atoms with Crippen LogP contribution in [0.1, 0.15) is 104 Å². The first kappa shape index (κ1) is 46.6. The van der Waals surface area contributed by atoms with Crippen LogP contribution in [0.3, 0.4) is 0 Å². The Morgan fingerprint density at radius 2 is 1.25 bits per heavy atom. The van der Waals surface area contributed by atoms with Crippen molar-refractivity contribution in [3.05, 3.63) is 199 Å². The first-order valence-electron chi connectivity index (χ1n) is 24.2. The molecule has 350 valence electrons. The summed E-state index contributed by atoms with van der Waals surface area (Å²) in [5.74, 6) is 2.43. The third kappa shape index (κ3) is 7.60. The predicted octanol–water partition coefficient (Wildman–Crippen LogP) is 17.3. The Labute approximate surface area is 423 Å². The molecule has 0 spiro atoms. The molecule has 5 nitrogen and oxygen atoms in total. The molecular weight excluding hydrogens is 1020 g/mol. The summed E-state index contributed by atoms with van der Waals surface area (Å²) in [5.41, 5.74) is 16.5. The first-order valence-corrected chi connectivity index (χ1v) is 24.2. The van der Waals surface area contributed by atoms with Crippen molar-refractivity contribution in [1.82, 2.24) is 18.7 Å². The van der Waals surface area contributed by atoms with Crippen molar-refractivity contribution in [2.45, 2.75) is 98.3 Å². The van der Waals surface area contributed by atoms with E-state index in [4.69, 9.17) is 9.72 Å². The van der Waals surface area contributed by atoms with E-state index in [-0.39, 0.29) is 37.3 Å². The molecule has 1 saturated heterocycles. The molecular formula is C63H61N4OPt-. The number of pyridine rings is 1. The molecule has 1 unspecified atom stereocenters. The van der Waals surface area contributed by atoms with Gasteiger partial charge in [0, 0.05) is 68.5 Å². The number of nitrogens with zero attached hydrogens (tertiary/aromatic N) is 4. The van der Waals surface area contributed by atoms with Gasteiger partial charge >= 0.3 is 0 Å². The summed E-state index contributed by atoms with van der Waals surface area (Å²) in [6.45, 7) is 27.6. The molecule has 11 rings (SSSR count). The van der Waals surface area contributed by atoms with Gasteiger partial charge in [0.2, 0.25) is 11.4 Å². The molecule has 69 heavy (non-hydrogen) atoms. The Morgan fingerprint density at radius 1 is 0.551 bits per heavy atom. The van der Waals surface area contributed by atoms with Crippen LogP contribution in [0.2, 0.25) is 0 Å². The molecule has 0 bridgehead atoms. The maximum Gasteiger partial charge on any atom is 0.225 e. The fraction of sp³-hybridized carbons (Fsp3) is 0.238. The molecule has 0 aliphatic carbocycles. The van der Waals surface area contributed by atoms with Crippen LogP contribution >= 0.6 is 0 Å². The van der Waals surface area contributed by atoms with Crippen LogP contribution in [0.5, 0.6) is 11.5 Å². The summed E-state index contributed by atoms with van der Waals surface area (Å²) in [4.78, 5) is 4.94. The van der Waals surface area contributed by atoms with E-state index in [0.717, 1.165) is 38.9 Å². The summed E-state index contributed by atoms with van der Waals surface area (Å²) >= 11 is 0. The van der Waals surface area contributed by atoms with Crippen LogP contribution < -0.4 is 13.9 Å². The standard InChI is InChI=1S/C63H61N4O.Pt/c1-41(2)52-21-15-16-22-53(52)44-33-49(38-51(34-44)68-50-26-27-55-54-23-17-18-24-56(54)65(57(55)39-50)60-37-46(29-30-64-60)62(6,7)8)67-40-66(67,58-28-25-45(36-59(58)67)61(3,4)5)48-32-43(42-19-13-12-14-20-42)31-47(35-48)63(9,10)11;/h12-37,40-41H,1-11H3;/q-1;/t66-,67?;/m0./s1. The van der Waals surface area contributed by atoms with Crippen molar-refractivity contribution < 1.29 is 25.8 Å². The van der Waals surface area contributed by atoms with Crippen LogP contribution in [-0.4, -0.2) is 9.55 Å². The van der Waals surface area contributed by atoms with Gasteiger partial charge in [-0.15, -0.1) is 29.1 Å².